The highest BCUT2D eigenvalue weighted by Crippen LogP contribution is 2.42. The molecule has 0 bridgehead atoms. The largest absolute Gasteiger partial charge is 0.496 e. The van der Waals surface area contributed by atoms with Crippen LogP contribution in [-0.4, -0.2) is 90.3 Å². The van der Waals surface area contributed by atoms with E-state index in [0.717, 1.165) is 12.8 Å². The van der Waals surface area contributed by atoms with Crippen molar-refractivity contribution in [2.24, 2.45) is 10.6 Å². The van der Waals surface area contributed by atoms with Crippen LogP contribution in [0.5, 0.6) is 11.5 Å². The molecule has 14 heteroatoms. The highest BCUT2D eigenvalue weighted by molar-refractivity contribution is 6.38. The van der Waals surface area contributed by atoms with Crippen LogP contribution < -0.4 is 25.4 Å². The van der Waals surface area contributed by atoms with Crippen molar-refractivity contribution in [1.82, 2.24) is 20.9 Å². The number of carbonyl (C=O) groups excluding carboxylic acids is 4. The van der Waals surface area contributed by atoms with Gasteiger partial charge in [0.25, 0.3) is 5.91 Å². The van der Waals surface area contributed by atoms with Crippen molar-refractivity contribution in [2.45, 2.75) is 122 Å². The van der Waals surface area contributed by atoms with Crippen LogP contribution in [0.2, 0.25) is 5.02 Å². The van der Waals surface area contributed by atoms with E-state index in [1.807, 2.05) is 48.5 Å². The molecule has 1 saturated heterocycles. The molecule has 276 valence electrons. The minimum absolute atomic E-state index is 0.0124. The van der Waals surface area contributed by atoms with Gasteiger partial charge < -0.3 is 39.9 Å². The number of nitrogens with zero attached hydrogens (tertiary/aromatic N) is 2. The summed E-state index contributed by atoms with van der Waals surface area (Å²) in [5, 5.41) is 13.4. The van der Waals surface area contributed by atoms with Gasteiger partial charge in [0.05, 0.1) is 37.5 Å². The van der Waals surface area contributed by atoms with Gasteiger partial charge in [-0.2, -0.15) is 0 Å². The third-order valence-electron chi connectivity index (χ3n) is 8.80. The van der Waals surface area contributed by atoms with Crippen LogP contribution >= 0.6 is 11.6 Å². The summed E-state index contributed by atoms with van der Waals surface area (Å²) in [6.07, 6.45) is 2.74. The molecule has 3 aliphatic rings. The van der Waals surface area contributed by atoms with Crippen molar-refractivity contribution in [3.05, 3.63) is 35.2 Å². The van der Waals surface area contributed by atoms with Gasteiger partial charge in [-0.25, -0.2) is 0 Å². The van der Waals surface area contributed by atoms with E-state index in [0.29, 0.717) is 34.2 Å². The van der Waals surface area contributed by atoms with E-state index in [1.54, 1.807) is 12.1 Å². The van der Waals surface area contributed by atoms with E-state index >= 15 is 0 Å². The minimum atomic E-state index is -1.08. The Bertz CT molecular complexity index is 1530. The number of hydrogen-bond acceptors (Lipinski definition) is 10. The molecular weight excluding hydrogens is 666 g/mol. The quantitative estimate of drug-likeness (QED) is 0.189. The number of ether oxygens (including phenoxy) is 3. The van der Waals surface area contributed by atoms with E-state index in [-0.39, 0.29) is 43.6 Å². The second-order valence-electron chi connectivity index (χ2n) is 15.4. The average molecular weight is 718 g/mol. The fraction of sp³-hybridized carbons (Fsp3) is 0.639. The molecule has 2 fully saturated rings. The van der Waals surface area contributed by atoms with Gasteiger partial charge in [0, 0.05) is 30.5 Å². The molecule has 1 saturated carbocycles. The summed E-state index contributed by atoms with van der Waals surface area (Å²) in [4.78, 5) is 62.3. The number of carbonyl (C=O) groups is 4. The first-order valence-corrected chi connectivity index (χ1v) is 17.5. The van der Waals surface area contributed by atoms with E-state index in [9.17, 15) is 19.2 Å². The van der Waals surface area contributed by atoms with Crippen molar-refractivity contribution in [3.8, 4) is 11.5 Å². The van der Waals surface area contributed by atoms with Crippen LogP contribution in [0.25, 0.3) is 0 Å². The molecule has 1 aliphatic carbocycles. The Balaban J connectivity index is 1.66. The summed E-state index contributed by atoms with van der Waals surface area (Å²) >= 11 is 6.47. The first-order valence-electron chi connectivity index (χ1n) is 17.1. The maximum Gasteiger partial charge on any atom is 0.289 e. The molecule has 4 rings (SSSR count). The van der Waals surface area contributed by atoms with Crippen LogP contribution in [0.1, 0.15) is 92.6 Å². The molecule has 3 N–H and O–H groups in total. The average Bonchev–Trinajstić information content (AvgIpc) is 3.62. The minimum Gasteiger partial charge on any atom is -0.496 e. The lowest BCUT2D eigenvalue weighted by molar-refractivity contribution is -0.144. The zero-order valence-corrected chi connectivity index (χ0v) is 31.4. The summed E-state index contributed by atoms with van der Waals surface area (Å²) in [5.41, 5.74) is -1.20. The van der Waals surface area contributed by atoms with Crippen molar-refractivity contribution < 1.29 is 38.2 Å². The van der Waals surface area contributed by atoms with E-state index in [1.165, 1.54) is 19.1 Å². The Morgan fingerprint density at radius 2 is 1.74 bits per heavy atom. The summed E-state index contributed by atoms with van der Waals surface area (Å²) in [6.45, 7) is 17.2. The monoisotopic (exact) mass is 717 g/mol. The fourth-order valence-corrected chi connectivity index (χ4v) is 6.44. The lowest BCUT2D eigenvalue weighted by Gasteiger charge is -2.37. The molecular formula is C36H52ClN5O8. The maximum absolute atomic E-state index is 14.6. The normalized spacial score (nSPS) is 21.4. The number of oxime groups is 1. The van der Waals surface area contributed by atoms with Crippen LogP contribution in [0.4, 0.5) is 0 Å². The number of methoxy groups -OCH3 is 2. The van der Waals surface area contributed by atoms with Gasteiger partial charge in [-0.1, -0.05) is 50.9 Å². The summed E-state index contributed by atoms with van der Waals surface area (Å²) in [6, 6.07) is 0.346. The summed E-state index contributed by atoms with van der Waals surface area (Å²) in [7, 11) is 3.02. The Kier molecular flexibility index (Phi) is 11.7. The number of nitrogens with one attached hydrogen (secondary N) is 3. The van der Waals surface area contributed by atoms with Crippen molar-refractivity contribution in [1.29, 1.82) is 0 Å². The SMILES string of the molecule is C=C(N[C@H](C(=O)N1C[C@@]2(CC(c3cc(Cl)c(OC)cc3OC)=NO2)C[C@H]1C(=O)N[C@@H](CCC)C(=O)C(=O)NC1CC1)C(C)(C)C)OC(C)(C)C. The first-order chi connectivity index (χ1) is 23.3. The van der Waals surface area contributed by atoms with Gasteiger partial charge in [-0.15, -0.1) is 0 Å². The van der Waals surface area contributed by atoms with Crippen LogP contribution in [0, 0.1) is 5.41 Å². The Labute approximate surface area is 299 Å². The zero-order valence-electron chi connectivity index (χ0n) is 30.7. The molecule has 4 atom stereocenters. The van der Waals surface area contributed by atoms with Crippen molar-refractivity contribution >= 4 is 40.8 Å². The third kappa shape index (κ3) is 9.21. The highest BCUT2D eigenvalue weighted by Gasteiger charge is 2.56. The molecule has 2 heterocycles. The number of hydrogen-bond donors (Lipinski definition) is 3. The number of likely N-dealkylation sites (tertiary alicyclic amines) is 1. The standard InChI is InChI=1S/C36H52ClN5O8/c1-11-12-24(29(43)32(45)39-21-13-14-21)40-31(44)26-18-36(17-25(41-50-36)22-15-23(37)28(48-10)16-27(22)47-9)19-42(26)33(46)30(34(3,4)5)38-20(2)49-35(6,7)8/h15-16,21,24,26,30,38H,2,11-14,17-19H2,1,3-10H3,(H,39,45)(H,40,44)/t24-,26-,30+,36+/m0/s1. The molecule has 1 spiro atoms. The second-order valence-corrected chi connectivity index (χ2v) is 15.8. The second kappa shape index (κ2) is 15.1. The first kappa shape index (κ1) is 38.8. The number of amides is 3. The molecule has 2 aliphatic heterocycles. The van der Waals surface area contributed by atoms with Gasteiger partial charge in [0.2, 0.25) is 17.6 Å². The molecule has 0 radical (unpaired) electrons. The summed E-state index contributed by atoms with van der Waals surface area (Å²) in [5.74, 6) is -1.29. The van der Waals surface area contributed by atoms with E-state index < -0.39 is 52.3 Å². The van der Waals surface area contributed by atoms with Crippen LogP contribution in [-0.2, 0) is 28.8 Å². The van der Waals surface area contributed by atoms with E-state index in [2.05, 4.69) is 27.7 Å². The number of rotatable bonds is 14. The predicted octanol–water partition coefficient (Wildman–Crippen LogP) is 4.24. The number of benzene rings is 1. The van der Waals surface area contributed by atoms with Gasteiger partial charge in [0.15, 0.2) is 11.5 Å². The fourth-order valence-electron chi connectivity index (χ4n) is 6.20. The third-order valence-corrected chi connectivity index (χ3v) is 9.10. The molecule has 3 amide bonds. The van der Waals surface area contributed by atoms with Crippen molar-refractivity contribution in [3.63, 3.8) is 0 Å². The smallest absolute Gasteiger partial charge is 0.289 e. The Hall–Kier alpha value is -4.00. The molecule has 0 aromatic heterocycles. The molecule has 1 aromatic carbocycles. The summed E-state index contributed by atoms with van der Waals surface area (Å²) < 4.78 is 16.9. The lowest BCUT2D eigenvalue weighted by Crippen LogP contribution is -2.58. The number of Topliss-reactive ketones (excluding diaryl/α,β-unsaturated/α-hetero) is 1. The lowest BCUT2D eigenvalue weighted by atomic mass is 9.85. The van der Waals surface area contributed by atoms with E-state index in [4.69, 9.17) is 30.6 Å². The van der Waals surface area contributed by atoms with Gasteiger partial charge in [0.1, 0.15) is 29.2 Å². The molecule has 1 aromatic rings. The highest BCUT2D eigenvalue weighted by atomic mass is 35.5. The van der Waals surface area contributed by atoms with Gasteiger partial charge >= 0.3 is 0 Å². The zero-order chi connectivity index (χ0) is 37.2. The molecule has 50 heavy (non-hydrogen) atoms. The van der Waals surface area contributed by atoms with Gasteiger partial charge in [-0.05, 0) is 58.1 Å². The molecule has 13 nitrogen and oxygen atoms in total. The van der Waals surface area contributed by atoms with Crippen molar-refractivity contribution in [2.75, 3.05) is 20.8 Å². The number of halogens is 1. The molecule has 0 unspecified atom stereocenters. The topological polar surface area (TPSA) is 157 Å². The number of ketones is 1. The van der Waals surface area contributed by atoms with Gasteiger partial charge in [-0.3, -0.25) is 19.2 Å². The Morgan fingerprint density at radius 3 is 2.30 bits per heavy atom. The maximum atomic E-state index is 14.6. The van der Waals surface area contributed by atoms with Crippen LogP contribution in [0.15, 0.2) is 29.8 Å². The Morgan fingerprint density at radius 1 is 1.08 bits per heavy atom. The van der Waals surface area contributed by atoms with Crippen LogP contribution in [0.3, 0.4) is 0 Å². The predicted molar refractivity (Wildman–Crippen MR) is 189 cm³/mol.